The number of phenolic OH excluding ortho intramolecular Hbond substituents is 1. The van der Waals surface area contributed by atoms with E-state index >= 15 is 0 Å². The van der Waals surface area contributed by atoms with Gasteiger partial charge in [-0.15, -0.1) is 0 Å². The van der Waals surface area contributed by atoms with Gasteiger partial charge in [0, 0.05) is 27.6 Å². The Kier molecular flexibility index (Phi) is 5.82. The Balaban J connectivity index is 2.18. The van der Waals surface area contributed by atoms with Gasteiger partial charge in [0.15, 0.2) is 0 Å². The summed E-state index contributed by atoms with van der Waals surface area (Å²) in [5, 5.41) is 14.9. The number of aromatic hydroxyl groups is 1. The van der Waals surface area contributed by atoms with Crippen LogP contribution in [0.4, 0.5) is 13.2 Å². The maximum Gasteiger partial charge on any atom is 0.501 e. The lowest BCUT2D eigenvalue weighted by Gasteiger charge is -2.27. The zero-order valence-electron chi connectivity index (χ0n) is 17.3. The molecular weight excluding hydrogens is 453 g/mol. The fourth-order valence-corrected chi connectivity index (χ4v) is 4.63. The van der Waals surface area contributed by atoms with Gasteiger partial charge in [0.05, 0.1) is 10.3 Å². The van der Waals surface area contributed by atoms with Gasteiger partial charge in [0.2, 0.25) is 0 Å². The molecule has 0 bridgehead atoms. The number of halogens is 4. The molecule has 1 aliphatic rings. The van der Waals surface area contributed by atoms with E-state index < -0.39 is 31.8 Å². The minimum absolute atomic E-state index is 0.0446. The Hall–Kier alpha value is -2.26. The molecule has 10 heteroatoms. The van der Waals surface area contributed by atoms with Gasteiger partial charge in [-0.05, 0) is 41.7 Å². The number of hydrogen-bond acceptors (Lipinski definition) is 5. The van der Waals surface area contributed by atoms with Crippen LogP contribution in [0.15, 0.2) is 34.2 Å². The second kappa shape index (κ2) is 7.70. The molecule has 2 aromatic rings. The Morgan fingerprint density at radius 3 is 2.39 bits per heavy atom. The van der Waals surface area contributed by atoms with Crippen LogP contribution in [-0.4, -0.2) is 19.0 Å². The third-order valence-corrected chi connectivity index (χ3v) is 6.93. The highest BCUT2D eigenvalue weighted by atomic mass is 35.5. The summed E-state index contributed by atoms with van der Waals surface area (Å²) in [5.74, 6) is 0.0446. The van der Waals surface area contributed by atoms with Gasteiger partial charge in [-0.25, -0.2) is 8.42 Å². The van der Waals surface area contributed by atoms with Gasteiger partial charge in [-0.1, -0.05) is 39.3 Å². The zero-order chi connectivity index (χ0) is 23.4. The topological polar surface area (TPSA) is 78.8 Å². The molecule has 0 aromatic heterocycles. The van der Waals surface area contributed by atoms with Crippen molar-refractivity contribution in [2.45, 2.75) is 56.1 Å². The molecule has 2 aromatic carbocycles. The summed E-state index contributed by atoms with van der Waals surface area (Å²) < 4.78 is 61.9. The third-order valence-electron chi connectivity index (χ3n) is 5.11. The number of rotatable bonds is 3. The van der Waals surface area contributed by atoms with Gasteiger partial charge in [0.25, 0.3) is 9.84 Å². The summed E-state index contributed by atoms with van der Waals surface area (Å²) in [5.41, 5.74) is -3.98. The molecule has 0 spiro atoms. The Morgan fingerprint density at radius 1 is 1.19 bits per heavy atom. The van der Waals surface area contributed by atoms with Crippen molar-refractivity contribution in [2.24, 2.45) is 4.99 Å². The van der Waals surface area contributed by atoms with Crippen LogP contribution >= 0.6 is 11.6 Å². The lowest BCUT2D eigenvalue weighted by Crippen LogP contribution is -2.37. The quantitative estimate of drug-likeness (QED) is 0.708. The lowest BCUT2D eigenvalue weighted by atomic mass is 9.83. The summed E-state index contributed by atoms with van der Waals surface area (Å²) in [6.07, 6.45) is 1.17. The van der Waals surface area contributed by atoms with Crippen LogP contribution in [0.25, 0.3) is 6.20 Å². The van der Waals surface area contributed by atoms with Crippen molar-refractivity contribution in [3.8, 4) is 5.75 Å². The third kappa shape index (κ3) is 4.13. The summed E-state index contributed by atoms with van der Waals surface area (Å²) in [6.45, 7) is 7.69. The summed E-state index contributed by atoms with van der Waals surface area (Å²) in [4.78, 5) is 3.64. The first-order chi connectivity index (χ1) is 14.2. The van der Waals surface area contributed by atoms with E-state index in [4.69, 9.17) is 11.6 Å². The van der Waals surface area contributed by atoms with Crippen LogP contribution in [0.1, 0.15) is 50.6 Å². The van der Waals surface area contributed by atoms with Crippen LogP contribution in [0, 0.1) is 0 Å². The molecule has 1 unspecified atom stereocenters. The molecule has 0 aliphatic carbocycles. The van der Waals surface area contributed by atoms with E-state index in [0.29, 0.717) is 33.5 Å². The molecule has 31 heavy (non-hydrogen) atoms. The van der Waals surface area contributed by atoms with E-state index in [9.17, 15) is 26.7 Å². The van der Waals surface area contributed by atoms with Gasteiger partial charge >= 0.3 is 5.51 Å². The van der Waals surface area contributed by atoms with E-state index in [0.717, 1.165) is 12.1 Å². The molecule has 0 saturated heterocycles. The molecule has 3 rings (SSSR count). The van der Waals surface area contributed by atoms with Crippen LogP contribution in [0.3, 0.4) is 0 Å². The first-order valence-electron chi connectivity index (χ1n) is 9.48. The van der Waals surface area contributed by atoms with Crippen molar-refractivity contribution < 1.29 is 26.7 Å². The number of nitrogens with zero attached hydrogens (tertiary/aromatic N) is 1. The number of hydrogen-bond donors (Lipinski definition) is 2. The Labute approximate surface area is 183 Å². The van der Waals surface area contributed by atoms with Gasteiger partial charge in [-0.3, -0.25) is 4.99 Å². The molecule has 1 atom stereocenters. The van der Waals surface area contributed by atoms with Crippen molar-refractivity contribution in [3.05, 3.63) is 56.6 Å². The number of fused-ring (bicyclic) bond motifs is 1. The molecule has 0 radical (unpaired) electrons. The molecule has 0 fully saturated rings. The molecule has 1 heterocycles. The number of benzene rings is 2. The minimum atomic E-state index is -5.47. The van der Waals surface area contributed by atoms with E-state index in [-0.39, 0.29) is 11.0 Å². The highest BCUT2D eigenvalue weighted by Gasteiger charge is 2.46. The fraction of sp³-hybridized carbons (Fsp3) is 0.381. The normalized spacial score (nSPS) is 16.7. The number of sulfone groups is 1. The monoisotopic (exact) mass is 474 g/mol. The van der Waals surface area contributed by atoms with E-state index in [1.54, 1.807) is 6.07 Å². The van der Waals surface area contributed by atoms with Crippen LogP contribution in [0.5, 0.6) is 5.75 Å². The van der Waals surface area contributed by atoms with Crippen LogP contribution in [0.2, 0.25) is 5.02 Å². The Morgan fingerprint density at radius 2 is 1.84 bits per heavy atom. The maximum atomic E-state index is 12.9. The van der Waals surface area contributed by atoms with Crippen molar-refractivity contribution in [1.82, 2.24) is 5.32 Å². The minimum Gasteiger partial charge on any atom is -0.507 e. The number of nitrogens with one attached hydrogen (secondary N) is 1. The smallest absolute Gasteiger partial charge is 0.501 e. The molecular formula is C21H22ClF3N2O3S. The molecule has 1 aliphatic heterocycles. The average molecular weight is 475 g/mol. The number of phenols is 1. The first kappa shape index (κ1) is 23.4. The van der Waals surface area contributed by atoms with Crippen LogP contribution < -0.4 is 15.9 Å². The predicted molar refractivity (Wildman–Crippen MR) is 112 cm³/mol. The highest BCUT2D eigenvalue weighted by Crippen LogP contribution is 2.42. The largest absolute Gasteiger partial charge is 0.507 e. The van der Waals surface area contributed by atoms with Gasteiger partial charge in [0.1, 0.15) is 11.9 Å². The number of alkyl halides is 3. The van der Waals surface area contributed by atoms with Crippen molar-refractivity contribution in [2.75, 3.05) is 0 Å². The highest BCUT2D eigenvalue weighted by molar-refractivity contribution is 7.92. The molecule has 168 valence electrons. The van der Waals surface area contributed by atoms with Crippen molar-refractivity contribution in [1.29, 1.82) is 0 Å². The van der Waals surface area contributed by atoms with Gasteiger partial charge in [-0.2, -0.15) is 13.2 Å². The Bertz CT molecular complexity index is 1270. The van der Waals surface area contributed by atoms with Gasteiger partial charge < -0.3 is 10.4 Å². The maximum absolute atomic E-state index is 12.9. The van der Waals surface area contributed by atoms with E-state index in [1.165, 1.54) is 12.3 Å². The molecule has 2 N–H and O–H groups in total. The fourth-order valence-electron chi connectivity index (χ4n) is 3.48. The van der Waals surface area contributed by atoms with E-state index in [1.807, 2.05) is 27.7 Å². The lowest BCUT2D eigenvalue weighted by molar-refractivity contribution is -0.0436. The predicted octanol–water partition coefficient (Wildman–Crippen LogP) is 3.86. The standard InChI is InChI=1S/C21H22ClF3N2O3S/c1-5-13-15(22)9-14(20(2,3)4)18(28)17(13)19-26-10-11-8-12(6-7-16(11)27-19)31(29,30)21(23,24)25/h6-10,19,26,28H,5H2,1-4H3. The summed E-state index contributed by atoms with van der Waals surface area (Å²) in [7, 11) is -5.47. The molecule has 0 amide bonds. The van der Waals surface area contributed by atoms with Crippen molar-refractivity contribution >= 4 is 27.6 Å². The van der Waals surface area contributed by atoms with E-state index in [2.05, 4.69) is 10.3 Å². The SMILES string of the molecule is CCc1c(Cl)cc(C(C)(C)C)c(O)c1C1N=c2ccc(S(=O)(=O)C(F)(F)F)cc2=CN1. The molecule has 5 nitrogen and oxygen atoms in total. The summed E-state index contributed by atoms with van der Waals surface area (Å²) in [6, 6.07) is 4.74. The second-order valence-electron chi connectivity index (χ2n) is 8.26. The zero-order valence-corrected chi connectivity index (χ0v) is 18.9. The second-order valence-corrected chi connectivity index (χ2v) is 10.6. The summed E-state index contributed by atoms with van der Waals surface area (Å²) >= 11 is 6.48. The molecule has 0 saturated carbocycles. The average Bonchev–Trinajstić information content (AvgIpc) is 2.66. The first-order valence-corrected chi connectivity index (χ1v) is 11.3. The van der Waals surface area contributed by atoms with Crippen molar-refractivity contribution in [3.63, 3.8) is 0 Å². The van der Waals surface area contributed by atoms with Crippen LogP contribution in [-0.2, 0) is 21.7 Å².